The first kappa shape index (κ1) is 12.7. The molecule has 1 N–H and O–H groups in total. The fourth-order valence-electron chi connectivity index (χ4n) is 1.84. The maximum absolute atomic E-state index is 12.0. The second kappa shape index (κ2) is 4.51. The fraction of sp³-hybridized carbons (Fsp3) is 0.417. The molecule has 1 aliphatic rings. The monoisotopic (exact) mass is 260 g/mol. The van der Waals surface area contributed by atoms with E-state index >= 15 is 0 Å². The third-order valence-electron chi connectivity index (χ3n) is 2.80. The second-order valence-electron chi connectivity index (χ2n) is 4.26. The molecule has 2 unspecified atom stereocenters. The molecule has 2 atom stereocenters. The molecule has 18 heavy (non-hydrogen) atoms. The summed E-state index contributed by atoms with van der Waals surface area (Å²) in [6.45, 7) is -1.34. The van der Waals surface area contributed by atoms with Crippen molar-refractivity contribution in [2.24, 2.45) is 5.92 Å². The van der Waals surface area contributed by atoms with Crippen LogP contribution in [-0.2, 0) is 4.79 Å². The Kier molecular flexibility index (Phi) is 3.19. The van der Waals surface area contributed by atoms with Gasteiger partial charge in [-0.2, -0.15) is 13.2 Å². The fourth-order valence-corrected chi connectivity index (χ4v) is 1.84. The van der Waals surface area contributed by atoms with Gasteiger partial charge in [0.15, 0.2) is 6.61 Å². The third kappa shape index (κ3) is 3.15. The van der Waals surface area contributed by atoms with E-state index in [2.05, 4.69) is 4.74 Å². The van der Waals surface area contributed by atoms with Crippen LogP contribution in [0.4, 0.5) is 13.2 Å². The van der Waals surface area contributed by atoms with E-state index < -0.39 is 24.7 Å². The van der Waals surface area contributed by atoms with E-state index in [0.29, 0.717) is 12.0 Å². The Hall–Kier alpha value is -1.72. The van der Waals surface area contributed by atoms with E-state index in [0.717, 1.165) is 0 Å². The zero-order valence-electron chi connectivity index (χ0n) is 9.28. The van der Waals surface area contributed by atoms with Crippen molar-refractivity contribution < 1.29 is 27.8 Å². The van der Waals surface area contributed by atoms with Crippen LogP contribution in [-0.4, -0.2) is 23.9 Å². The van der Waals surface area contributed by atoms with Crippen molar-refractivity contribution in [2.75, 3.05) is 6.61 Å². The first-order valence-electron chi connectivity index (χ1n) is 5.39. The largest absolute Gasteiger partial charge is 0.484 e. The molecule has 98 valence electrons. The summed E-state index contributed by atoms with van der Waals surface area (Å²) in [5.74, 6) is -1.30. The molecule has 1 aliphatic carbocycles. The lowest BCUT2D eigenvalue weighted by Crippen LogP contribution is -2.19. The van der Waals surface area contributed by atoms with Gasteiger partial charge < -0.3 is 9.84 Å². The number of hydrogen-bond donors (Lipinski definition) is 1. The van der Waals surface area contributed by atoms with Gasteiger partial charge in [-0.05, 0) is 30.0 Å². The summed E-state index contributed by atoms with van der Waals surface area (Å²) in [4.78, 5) is 10.7. The highest BCUT2D eigenvalue weighted by Gasteiger charge is 2.44. The minimum absolute atomic E-state index is 0.112. The van der Waals surface area contributed by atoms with Gasteiger partial charge in [0.05, 0.1) is 5.92 Å². The van der Waals surface area contributed by atoms with E-state index in [-0.39, 0.29) is 11.7 Å². The predicted molar refractivity (Wildman–Crippen MR) is 56.5 cm³/mol. The Bertz CT molecular complexity index is 456. The molecule has 0 aromatic heterocycles. The molecule has 1 fully saturated rings. The molecule has 0 radical (unpaired) electrons. The zero-order valence-corrected chi connectivity index (χ0v) is 9.28. The van der Waals surface area contributed by atoms with Crippen LogP contribution < -0.4 is 4.74 Å². The number of alkyl halides is 3. The quantitative estimate of drug-likeness (QED) is 0.905. The average molecular weight is 260 g/mol. The molecular weight excluding hydrogens is 249 g/mol. The van der Waals surface area contributed by atoms with Crippen molar-refractivity contribution in [3.63, 3.8) is 0 Å². The van der Waals surface area contributed by atoms with Crippen molar-refractivity contribution in [3.05, 3.63) is 29.8 Å². The summed E-state index contributed by atoms with van der Waals surface area (Å²) in [7, 11) is 0. The Morgan fingerprint density at radius 1 is 1.44 bits per heavy atom. The van der Waals surface area contributed by atoms with Crippen LogP contribution in [0, 0.1) is 5.92 Å². The minimum Gasteiger partial charge on any atom is -0.484 e. The highest BCUT2D eigenvalue weighted by atomic mass is 19.4. The Balaban J connectivity index is 2.01. The standard InChI is InChI=1S/C12H11F3O3/c13-12(14,15)6-18-8-3-1-2-7(4-8)9-5-10(9)11(16)17/h1-4,9-10H,5-6H2,(H,16,17). The summed E-state index contributed by atoms with van der Waals surface area (Å²) in [6.07, 6.45) is -3.85. The number of carboxylic acid groups (broad SMARTS) is 1. The van der Waals surface area contributed by atoms with Crippen molar-refractivity contribution in [2.45, 2.75) is 18.5 Å². The minimum atomic E-state index is -4.38. The molecule has 1 saturated carbocycles. The summed E-state index contributed by atoms with van der Waals surface area (Å²) in [5.41, 5.74) is 0.710. The van der Waals surface area contributed by atoms with E-state index in [4.69, 9.17) is 5.11 Å². The normalized spacial score (nSPS) is 22.6. The lowest BCUT2D eigenvalue weighted by atomic mass is 10.1. The van der Waals surface area contributed by atoms with E-state index in [1.165, 1.54) is 12.1 Å². The first-order valence-corrected chi connectivity index (χ1v) is 5.39. The predicted octanol–water partition coefficient (Wildman–Crippen LogP) is 2.82. The maximum Gasteiger partial charge on any atom is 0.422 e. The topological polar surface area (TPSA) is 46.5 Å². The van der Waals surface area contributed by atoms with Crippen molar-refractivity contribution >= 4 is 5.97 Å². The van der Waals surface area contributed by atoms with Crippen LogP contribution in [0.5, 0.6) is 5.75 Å². The first-order chi connectivity index (χ1) is 8.37. The number of aliphatic carboxylic acids is 1. The lowest BCUT2D eigenvalue weighted by Gasteiger charge is -2.10. The molecule has 0 aliphatic heterocycles. The number of ether oxygens (including phenoxy) is 1. The van der Waals surface area contributed by atoms with Crippen LogP contribution in [0.25, 0.3) is 0 Å². The van der Waals surface area contributed by atoms with Gasteiger partial charge in [0.2, 0.25) is 0 Å². The summed E-state index contributed by atoms with van der Waals surface area (Å²) >= 11 is 0. The number of halogens is 3. The van der Waals surface area contributed by atoms with Crippen molar-refractivity contribution in [1.29, 1.82) is 0 Å². The average Bonchev–Trinajstić information content (AvgIpc) is 3.06. The molecule has 0 bridgehead atoms. The molecule has 6 heteroatoms. The van der Waals surface area contributed by atoms with Gasteiger partial charge in [-0.15, -0.1) is 0 Å². The molecule has 0 heterocycles. The SMILES string of the molecule is O=C(O)C1CC1c1cccc(OCC(F)(F)F)c1. The number of benzene rings is 1. The number of hydrogen-bond acceptors (Lipinski definition) is 2. The summed E-state index contributed by atoms with van der Waals surface area (Å²) in [6, 6.07) is 6.17. The van der Waals surface area contributed by atoms with E-state index in [1.807, 2.05) is 0 Å². The summed E-state index contributed by atoms with van der Waals surface area (Å²) in [5, 5.41) is 8.78. The molecule has 0 spiro atoms. The van der Waals surface area contributed by atoms with E-state index in [1.54, 1.807) is 12.1 Å². The van der Waals surface area contributed by atoms with Crippen LogP contribution in [0.15, 0.2) is 24.3 Å². The van der Waals surface area contributed by atoms with Gasteiger partial charge >= 0.3 is 12.1 Å². The highest BCUT2D eigenvalue weighted by molar-refractivity contribution is 5.75. The van der Waals surface area contributed by atoms with Crippen LogP contribution in [0.1, 0.15) is 17.9 Å². The van der Waals surface area contributed by atoms with Gasteiger partial charge in [-0.25, -0.2) is 0 Å². The van der Waals surface area contributed by atoms with Crippen LogP contribution in [0.3, 0.4) is 0 Å². The molecule has 0 saturated heterocycles. The Labute approximate surface area is 101 Å². The maximum atomic E-state index is 12.0. The van der Waals surface area contributed by atoms with Crippen molar-refractivity contribution in [3.8, 4) is 5.75 Å². The lowest BCUT2D eigenvalue weighted by molar-refractivity contribution is -0.153. The zero-order chi connectivity index (χ0) is 13.3. The second-order valence-corrected chi connectivity index (χ2v) is 4.26. The molecule has 0 amide bonds. The molecule has 1 aromatic carbocycles. The number of rotatable bonds is 4. The van der Waals surface area contributed by atoms with Crippen LogP contribution in [0.2, 0.25) is 0 Å². The smallest absolute Gasteiger partial charge is 0.422 e. The van der Waals surface area contributed by atoms with Gasteiger partial charge in [0.25, 0.3) is 0 Å². The molecule has 1 aromatic rings. The third-order valence-corrected chi connectivity index (χ3v) is 2.80. The molecule has 2 rings (SSSR count). The number of carboxylic acids is 1. The number of carbonyl (C=O) groups is 1. The molecule has 3 nitrogen and oxygen atoms in total. The Morgan fingerprint density at radius 2 is 2.17 bits per heavy atom. The van der Waals surface area contributed by atoms with Gasteiger partial charge in [0, 0.05) is 0 Å². The Morgan fingerprint density at radius 3 is 2.72 bits per heavy atom. The highest BCUT2D eigenvalue weighted by Crippen LogP contribution is 2.48. The van der Waals surface area contributed by atoms with Gasteiger partial charge in [-0.1, -0.05) is 12.1 Å². The summed E-state index contributed by atoms with van der Waals surface area (Å²) < 4.78 is 40.5. The van der Waals surface area contributed by atoms with Gasteiger partial charge in [-0.3, -0.25) is 4.79 Å². The van der Waals surface area contributed by atoms with Crippen molar-refractivity contribution in [1.82, 2.24) is 0 Å². The van der Waals surface area contributed by atoms with Gasteiger partial charge in [0.1, 0.15) is 5.75 Å². The van der Waals surface area contributed by atoms with Crippen LogP contribution >= 0.6 is 0 Å². The van der Waals surface area contributed by atoms with E-state index in [9.17, 15) is 18.0 Å². The molecular formula is C12H11F3O3.